The van der Waals surface area contributed by atoms with Crippen LogP contribution in [0.2, 0.25) is 0 Å². The zero-order valence-corrected chi connectivity index (χ0v) is 34.0. The summed E-state index contributed by atoms with van der Waals surface area (Å²) in [6.07, 6.45) is 0.0433. The van der Waals surface area contributed by atoms with E-state index in [9.17, 15) is 25.2 Å². The Labute approximate surface area is 297 Å². The second-order valence-corrected chi connectivity index (χ2v) is 25.2. The number of aryl methyl sites for hydroxylation is 6. The van der Waals surface area contributed by atoms with Crippen molar-refractivity contribution in [1.29, 1.82) is 0 Å². The van der Waals surface area contributed by atoms with Crippen LogP contribution in [-0.4, -0.2) is 59.8 Å². The summed E-state index contributed by atoms with van der Waals surface area (Å²) >= 11 is -3.76. The predicted octanol–water partition coefficient (Wildman–Crippen LogP) is 11.5. The molecule has 4 rings (SSSR count). The summed E-state index contributed by atoms with van der Waals surface area (Å²) in [5.41, 5.74) is 10.8. The molecule has 49 heavy (non-hydrogen) atoms. The fourth-order valence-corrected chi connectivity index (χ4v) is 12.3. The topological polar surface area (TPSA) is 15.7 Å². The fraction of sp³-hybridized carbons (Fsp3) is 0.429. The van der Waals surface area contributed by atoms with Crippen molar-refractivity contribution in [1.82, 2.24) is 0 Å². The molecule has 0 saturated carbocycles. The van der Waals surface area contributed by atoms with Crippen LogP contribution in [0.3, 0.4) is 0 Å². The average Bonchev–Trinajstić information content (AvgIpc) is 3.19. The van der Waals surface area contributed by atoms with Gasteiger partial charge in [0, 0.05) is 0 Å². The molecule has 1 aliphatic heterocycles. The normalized spacial score (nSPS) is 17.4. The molecule has 1 unspecified atom stereocenters. The number of hydrogen-bond donors (Lipinski definition) is 0. The van der Waals surface area contributed by atoms with Crippen LogP contribution in [-0.2, 0) is 11.9 Å². The SMILES string of the molecule is Cc1cc(C)c(N2CC(C[N+](C)(C)C)N(c3c(C)cc(C)cc3C)[C]2=[Ru-4]([Cl])([Cl])=[CH]c2ccccc2OC(C)C)c(C)c1.F[P-](F)(F)(F)(F)F. The first-order valence-electron chi connectivity index (χ1n) is 15.6. The van der Waals surface area contributed by atoms with Gasteiger partial charge < -0.3 is 0 Å². The third-order valence-electron chi connectivity index (χ3n) is 7.44. The Hall–Kier alpha value is -2.03. The maximum absolute atomic E-state index is 10.7. The van der Waals surface area contributed by atoms with Crippen molar-refractivity contribution in [3.63, 3.8) is 0 Å². The third kappa shape index (κ3) is 12.3. The van der Waals surface area contributed by atoms with Crippen LogP contribution < -0.4 is 14.5 Å². The van der Waals surface area contributed by atoms with Crippen LogP contribution in [0.5, 0.6) is 5.75 Å². The number of likely N-dealkylation sites (N-methyl/N-ethyl adjacent to an activating group) is 1. The van der Waals surface area contributed by atoms with Crippen molar-refractivity contribution in [2.75, 3.05) is 44.0 Å². The van der Waals surface area contributed by atoms with Gasteiger partial charge in [0.25, 0.3) is 0 Å². The molecule has 1 fully saturated rings. The van der Waals surface area contributed by atoms with Gasteiger partial charge in [-0.15, -0.1) is 0 Å². The van der Waals surface area contributed by atoms with E-state index in [1.54, 1.807) is 0 Å². The molecule has 3 aromatic carbocycles. The Bertz CT molecular complexity index is 1790. The minimum absolute atomic E-state index is 0.0433. The number of quaternary nitrogens is 1. The molecule has 3 aromatic rings. The van der Waals surface area contributed by atoms with Crippen LogP contribution in [0.25, 0.3) is 0 Å². The van der Waals surface area contributed by atoms with E-state index in [4.69, 9.17) is 24.1 Å². The summed E-state index contributed by atoms with van der Waals surface area (Å²) in [4.78, 5) is 4.97. The van der Waals surface area contributed by atoms with Gasteiger partial charge in [-0.1, -0.05) is 0 Å². The van der Waals surface area contributed by atoms with Gasteiger partial charge in [0.15, 0.2) is 0 Å². The molecular formula is C35H48Cl2F6N3OPRu-4. The van der Waals surface area contributed by atoms with Gasteiger partial charge in [-0.3, -0.25) is 0 Å². The second-order valence-electron chi connectivity index (χ2n) is 14.1. The second kappa shape index (κ2) is 13.8. The molecule has 0 spiro atoms. The van der Waals surface area contributed by atoms with Crippen LogP contribution in [0.4, 0.5) is 36.6 Å². The molecule has 0 radical (unpaired) electrons. The average molecular weight is 844 g/mol. The molecule has 0 bridgehead atoms. The molecule has 1 saturated heterocycles. The van der Waals surface area contributed by atoms with E-state index in [0.717, 1.165) is 33.2 Å². The number of para-hydroxylation sites is 1. The Morgan fingerprint density at radius 3 is 1.67 bits per heavy atom. The Balaban J connectivity index is 0.000000838. The maximum atomic E-state index is 9.87. The number of halogens is 8. The fourth-order valence-electron chi connectivity index (χ4n) is 6.37. The van der Waals surface area contributed by atoms with E-state index in [1.807, 2.05) is 32.0 Å². The van der Waals surface area contributed by atoms with E-state index < -0.39 is 19.7 Å². The summed E-state index contributed by atoms with van der Waals surface area (Å²) in [5, 5.41) is 0. The van der Waals surface area contributed by atoms with Crippen LogP contribution in [0.1, 0.15) is 52.8 Å². The summed E-state index contributed by atoms with van der Waals surface area (Å²) in [5.74, 6) is 0.809. The molecule has 4 nitrogen and oxygen atoms in total. The van der Waals surface area contributed by atoms with Crippen molar-refractivity contribution in [3.05, 3.63) is 87.5 Å². The Kier molecular flexibility index (Phi) is 11.7. The summed E-state index contributed by atoms with van der Waals surface area (Å²) in [6.45, 7) is 19.0. The zero-order valence-electron chi connectivity index (χ0n) is 29.8. The first-order chi connectivity index (χ1) is 21.9. The van der Waals surface area contributed by atoms with E-state index >= 15 is 0 Å². The van der Waals surface area contributed by atoms with E-state index in [2.05, 4.69) is 107 Å². The molecule has 1 atom stereocenters. The molecule has 0 aliphatic carbocycles. The van der Waals surface area contributed by atoms with Crippen molar-refractivity contribution >= 4 is 47.5 Å². The monoisotopic (exact) mass is 843 g/mol. The van der Waals surface area contributed by atoms with Gasteiger partial charge >= 0.3 is 299 Å². The van der Waals surface area contributed by atoms with Gasteiger partial charge in [-0.2, -0.15) is 0 Å². The Morgan fingerprint density at radius 2 is 1.24 bits per heavy atom. The zero-order chi connectivity index (χ0) is 37.6. The number of rotatable bonds is 7. The van der Waals surface area contributed by atoms with Crippen LogP contribution in [0, 0.1) is 41.5 Å². The van der Waals surface area contributed by atoms with Crippen molar-refractivity contribution < 1.29 is 46.3 Å². The standard InChI is InChI=1S/C25H36N3.C10H12O.2ClH.F6P.Ru/c1-17-10-19(3)24(20(4)11-17)26-14-23(15-28(7,8)9)27(16-26)25-21(5)12-18(2)13-22(25)6;1-8(2)11-10-7-5-4-6-9(10)3;;;1-7(2,3,4,5)6;/h10-13,23H,14-15H2,1-9H3;3-8H,1-2H3;2*1H;;/q+1;;;;-1;-2/p-2. The minimum atomic E-state index is -10.7. The number of ether oxygens (including phenoxy) is 1. The first kappa shape index (κ1) is 41.4. The number of benzene rings is 3. The van der Waals surface area contributed by atoms with Crippen molar-refractivity contribution in [3.8, 4) is 5.75 Å². The van der Waals surface area contributed by atoms with Gasteiger partial charge in [0.2, 0.25) is 0 Å². The molecule has 282 valence electrons. The van der Waals surface area contributed by atoms with E-state index in [1.165, 1.54) is 44.8 Å². The van der Waals surface area contributed by atoms with Gasteiger partial charge in [-0.25, -0.2) is 0 Å². The van der Waals surface area contributed by atoms with E-state index in [-0.39, 0.29) is 12.1 Å². The Morgan fingerprint density at radius 1 is 0.816 bits per heavy atom. The quantitative estimate of drug-likeness (QED) is 0.102. The number of hydrogen-bond acceptors (Lipinski definition) is 3. The third-order valence-corrected chi connectivity index (χ3v) is 12.9. The molecule has 1 aliphatic rings. The van der Waals surface area contributed by atoms with Gasteiger partial charge in [-0.05, 0) is 0 Å². The molecule has 14 heteroatoms. The van der Waals surface area contributed by atoms with Crippen molar-refractivity contribution in [2.24, 2.45) is 0 Å². The van der Waals surface area contributed by atoms with Crippen LogP contribution >= 0.6 is 27.2 Å². The molecule has 1 heterocycles. The summed E-state index contributed by atoms with van der Waals surface area (Å²) in [6, 6.07) is 17.4. The molecule has 0 amide bonds. The van der Waals surface area contributed by atoms with Gasteiger partial charge in [0.1, 0.15) is 0 Å². The first-order valence-corrected chi connectivity index (χ1v) is 24.0. The van der Waals surface area contributed by atoms with Crippen LogP contribution in [0.15, 0.2) is 48.5 Å². The number of nitrogens with zero attached hydrogens (tertiary/aromatic N) is 3. The molecular weight excluding hydrogens is 795 g/mol. The molecule has 0 aromatic heterocycles. The predicted molar refractivity (Wildman–Crippen MR) is 195 cm³/mol. The van der Waals surface area contributed by atoms with Gasteiger partial charge in [0.05, 0.1) is 0 Å². The van der Waals surface area contributed by atoms with E-state index in [0.29, 0.717) is 0 Å². The summed E-state index contributed by atoms with van der Waals surface area (Å²) < 4.78 is 69.4. The number of anilines is 2. The van der Waals surface area contributed by atoms with Crippen molar-refractivity contribution in [2.45, 2.75) is 67.5 Å². The summed E-state index contributed by atoms with van der Waals surface area (Å²) in [7, 11) is 11.7. The molecule has 0 N–H and O–H groups in total.